The molecule has 0 aromatic carbocycles. The van der Waals surface area contributed by atoms with Crippen LogP contribution < -0.4 is 4.74 Å². The zero-order chi connectivity index (χ0) is 12.3. The molecule has 0 aliphatic heterocycles. The van der Waals surface area contributed by atoms with Crippen molar-refractivity contribution < 1.29 is 14.3 Å². The molecule has 2 aromatic rings. The van der Waals surface area contributed by atoms with Crippen LogP contribution in [0.15, 0.2) is 18.6 Å². The highest BCUT2D eigenvalue weighted by Gasteiger charge is 2.15. The summed E-state index contributed by atoms with van der Waals surface area (Å²) in [6.45, 7) is 0. The summed E-state index contributed by atoms with van der Waals surface area (Å²) < 4.78 is 9.72. The highest BCUT2D eigenvalue weighted by Crippen LogP contribution is 2.23. The Balaban J connectivity index is 2.44. The van der Waals surface area contributed by atoms with Gasteiger partial charge in [0.15, 0.2) is 5.82 Å². The number of methoxy groups -OCH3 is 2. The average molecular weight is 234 g/mol. The van der Waals surface area contributed by atoms with Crippen molar-refractivity contribution >= 4 is 5.97 Å². The highest BCUT2D eigenvalue weighted by atomic mass is 16.5. The van der Waals surface area contributed by atoms with Gasteiger partial charge in [0.1, 0.15) is 23.3 Å². The normalized spacial score (nSPS) is 10.0. The van der Waals surface area contributed by atoms with E-state index < -0.39 is 5.97 Å². The lowest BCUT2D eigenvalue weighted by molar-refractivity contribution is 0.0596. The molecule has 7 nitrogen and oxygen atoms in total. The Bertz CT molecular complexity index is 524. The van der Waals surface area contributed by atoms with Crippen LogP contribution in [0.3, 0.4) is 0 Å². The Morgan fingerprint density at radius 3 is 2.76 bits per heavy atom. The smallest absolute Gasteiger partial charge is 0.343 e. The van der Waals surface area contributed by atoms with Crippen molar-refractivity contribution in [3.8, 4) is 17.3 Å². The number of rotatable bonds is 3. The van der Waals surface area contributed by atoms with E-state index in [4.69, 9.17) is 4.74 Å². The lowest BCUT2D eigenvalue weighted by atomic mass is 10.2. The number of H-pyrrole nitrogens is 1. The molecule has 1 N–H and O–H groups in total. The zero-order valence-electron chi connectivity index (χ0n) is 9.30. The molecular formula is C10H10N4O3. The van der Waals surface area contributed by atoms with Crippen LogP contribution in [-0.4, -0.2) is 40.4 Å². The number of carbonyl (C=O) groups excluding carboxylic acids is 1. The van der Waals surface area contributed by atoms with Crippen molar-refractivity contribution in [2.75, 3.05) is 14.2 Å². The molecule has 0 spiro atoms. The molecule has 7 heteroatoms. The fraction of sp³-hybridized carbons (Fsp3) is 0.200. The van der Waals surface area contributed by atoms with Crippen LogP contribution in [0.4, 0.5) is 0 Å². The lowest BCUT2D eigenvalue weighted by Gasteiger charge is -2.07. The average Bonchev–Trinajstić information content (AvgIpc) is 2.91. The molecule has 2 aromatic heterocycles. The predicted molar refractivity (Wildman–Crippen MR) is 57.5 cm³/mol. The van der Waals surface area contributed by atoms with Gasteiger partial charge in [-0.25, -0.2) is 9.78 Å². The summed E-state index contributed by atoms with van der Waals surface area (Å²) in [5.41, 5.74) is 0.797. The van der Waals surface area contributed by atoms with E-state index in [9.17, 15) is 4.79 Å². The van der Waals surface area contributed by atoms with Crippen molar-refractivity contribution in [2.24, 2.45) is 0 Å². The summed E-state index contributed by atoms with van der Waals surface area (Å²) in [6, 6.07) is 1.59. The Morgan fingerprint density at radius 2 is 2.18 bits per heavy atom. The molecule has 0 saturated carbocycles. The van der Waals surface area contributed by atoms with Gasteiger partial charge >= 0.3 is 5.97 Å². The van der Waals surface area contributed by atoms with Gasteiger partial charge in [0, 0.05) is 12.3 Å². The van der Waals surface area contributed by atoms with Crippen molar-refractivity contribution in [3.63, 3.8) is 0 Å². The first-order valence-electron chi connectivity index (χ1n) is 4.74. The van der Waals surface area contributed by atoms with Crippen LogP contribution in [0.5, 0.6) is 5.75 Å². The summed E-state index contributed by atoms with van der Waals surface area (Å²) in [5.74, 6) is 0.372. The Morgan fingerprint density at radius 1 is 1.35 bits per heavy atom. The highest BCUT2D eigenvalue weighted by molar-refractivity contribution is 5.92. The summed E-state index contributed by atoms with van der Waals surface area (Å²) in [7, 11) is 2.76. The maximum absolute atomic E-state index is 11.4. The molecule has 0 aliphatic rings. The molecule has 0 radical (unpaired) electrons. The first-order valence-corrected chi connectivity index (χ1v) is 4.74. The fourth-order valence-corrected chi connectivity index (χ4v) is 1.33. The van der Waals surface area contributed by atoms with Crippen LogP contribution in [-0.2, 0) is 4.74 Å². The first kappa shape index (κ1) is 11.1. The van der Waals surface area contributed by atoms with Crippen LogP contribution in [0.25, 0.3) is 11.5 Å². The molecule has 0 fully saturated rings. The van der Waals surface area contributed by atoms with Crippen molar-refractivity contribution in [1.29, 1.82) is 0 Å². The standard InChI is InChI=1S/C10H10N4O3/c1-16-8-3-7(9-12-5-13-14-9)11-4-6(8)10(15)17-2/h3-5H,1-2H3,(H,12,13,14). The Kier molecular flexibility index (Phi) is 2.99. The van der Waals surface area contributed by atoms with E-state index in [-0.39, 0.29) is 5.56 Å². The summed E-state index contributed by atoms with van der Waals surface area (Å²) in [4.78, 5) is 19.5. The number of carbonyl (C=O) groups is 1. The van der Waals surface area contributed by atoms with E-state index in [0.717, 1.165) is 0 Å². The molecule has 0 amide bonds. The number of nitrogens with zero attached hydrogens (tertiary/aromatic N) is 3. The third-order valence-electron chi connectivity index (χ3n) is 2.15. The lowest BCUT2D eigenvalue weighted by Crippen LogP contribution is -2.05. The Hall–Kier alpha value is -2.44. The van der Waals surface area contributed by atoms with Gasteiger partial charge in [-0.2, -0.15) is 5.10 Å². The zero-order valence-corrected chi connectivity index (χ0v) is 9.30. The maximum Gasteiger partial charge on any atom is 0.343 e. The quantitative estimate of drug-likeness (QED) is 0.784. The van der Waals surface area contributed by atoms with Crippen molar-refractivity contribution in [1.82, 2.24) is 20.2 Å². The summed E-state index contributed by atoms with van der Waals surface area (Å²) in [5, 5.41) is 6.39. The molecule has 2 rings (SSSR count). The molecular weight excluding hydrogens is 224 g/mol. The summed E-state index contributed by atoms with van der Waals surface area (Å²) in [6.07, 6.45) is 2.75. The van der Waals surface area contributed by atoms with E-state index >= 15 is 0 Å². The minimum absolute atomic E-state index is 0.262. The minimum Gasteiger partial charge on any atom is -0.496 e. The second kappa shape index (κ2) is 4.60. The number of aromatic amines is 1. The topological polar surface area (TPSA) is 90.0 Å². The number of nitrogens with one attached hydrogen (secondary N) is 1. The predicted octanol–water partition coefficient (Wildman–Crippen LogP) is 0.662. The number of aromatic nitrogens is 4. The van der Waals surface area contributed by atoms with Gasteiger partial charge in [-0.15, -0.1) is 0 Å². The molecule has 2 heterocycles. The van der Waals surface area contributed by atoms with Gasteiger partial charge in [0.2, 0.25) is 0 Å². The van der Waals surface area contributed by atoms with Gasteiger partial charge in [-0.3, -0.25) is 10.1 Å². The summed E-state index contributed by atoms with van der Waals surface area (Å²) >= 11 is 0. The molecule has 0 unspecified atom stereocenters. The largest absolute Gasteiger partial charge is 0.496 e. The van der Waals surface area contributed by atoms with Crippen LogP contribution >= 0.6 is 0 Å². The van der Waals surface area contributed by atoms with E-state index in [1.807, 2.05) is 0 Å². The van der Waals surface area contributed by atoms with E-state index in [0.29, 0.717) is 17.3 Å². The second-order valence-electron chi connectivity index (χ2n) is 3.10. The third-order valence-corrected chi connectivity index (χ3v) is 2.15. The molecule has 88 valence electrons. The van der Waals surface area contributed by atoms with E-state index in [2.05, 4.69) is 24.9 Å². The van der Waals surface area contributed by atoms with Gasteiger partial charge in [-0.1, -0.05) is 0 Å². The molecule has 0 aliphatic carbocycles. The maximum atomic E-state index is 11.4. The third kappa shape index (κ3) is 2.07. The minimum atomic E-state index is -0.501. The number of hydrogen-bond donors (Lipinski definition) is 1. The van der Waals surface area contributed by atoms with Crippen molar-refractivity contribution in [3.05, 3.63) is 24.2 Å². The number of pyridine rings is 1. The van der Waals surface area contributed by atoms with Crippen LogP contribution in [0, 0.1) is 0 Å². The van der Waals surface area contributed by atoms with Crippen molar-refractivity contribution in [2.45, 2.75) is 0 Å². The van der Waals surface area contributed by atoms with Crippen LogP contribution in [0.1, 0.15) is 10.4 Å². The molecule has 0 bridgehead atoms. The van der Waals surface area contributed by atoms with Gasteiger partial charge in [0.05, 0.1) is 14.2 Å². The Labute approximate surface area is 96.8 Å². The van der Waals surface area contributed by atoms with Gasteiger partial charge < -0.3 is 9.47 Å². The molecule has 0 atom stereocenters. The SMILES string of the molecule is COC(=O)c1cnc(-c2ncn[nH]2)cc1OC. The molecule has 0 saturated heterocycles. The molecule has 17 heavy (non-hydrogen) atoms. The number of esters is 1. The van der Waals surface area contributed by atoms with E-state index in [1.54, 1.807) is 6.07 Å². The number of hydrogen-bond acceptors (Lipinski definition) is 6. The van der Waals surface area contributed by atoms with E-state index in [1.165, 1.54) is 26.7 Å². The second-order valence-corrected chi connectivity index (χ2v) is 3.10. The van der Waals surface area contributed by atoms with Gasteiger partial charge in [-0.05, 0) is 0 Å². The first-order chi connectivity index (χ1) is 8.26. The fourth-order valence-electron chi connectivity index (χ4n) is 1.33. The monoisotopic (exact) mass is 234 g/mol. The van der Waals surface area contributed by atoms with Crippen LogP contribution in [0.2, 0.25) is 0 Å². The number of ether oxygens (including phenoxy) is 2. The van der Waals surface area contributed by atoms with Gasteiger partial charge in [0.25, 0.3) is 0 Å².